The van der Waals surface area contributed by atoms with E-state index in [1.54, 1.807) is 6.20 Å². The minimum atomic E-state index is -3.45. The van der Waals surface area contributed by atoms with Gasteiger partial charge in [-0.2, -0.15) is 0 Å². The number of aromatic nitrogens is 3. The zero-order valence-electron chi connectivity index (χ0n) is 17.7. The molecule has 4 heterocycles. The third kappa shape index (κ3) is 4.47. The van der Waals surface area contributed by atoms with Crippen LogP contribution in [-0.2, 0) is 10.0 Å². The highest BCUT2D eigenvalue weighted by atomic mass is 35.5. The molecule has 32 heavy (non-hydrogen) atoms. The number of halogens is 1. The molecule has 10 heteroatoms. The summed E-state index contributed by atoms with van der Waals surface area (Å²) < 4.78 is 23.3. The molecule has 2 aliphatic rings. The molecule has 0 bridgehead atoms. The van der Waals surface area contributed by atoms with E-state index in [1.165, 1.54) is 0 Å². The zero-order chi connectivity index (χ0) is 22.3. The number of hydrogen-bond acceptors (Lipinski definition) is 6. The van der Waals surface area contributed by atoms with E-state index < -0.39 is 15.3 Å². The number of H-pyrrole nitrogens is 1. The van der Waals surface area contributed by atoms with Crippen LogP contribution in [0, 0.1) is 0 Å². The maximum Gasteiger partial charge on any atom is 0.213 e. The molecule has 1 aliphatic heterocycles. The minimum absolute atomic E-state index is 0.311. The molecule has 0 amide bonds. The molecule has 3 aromatic rings. The number of aromatic amines is 1. The highest BCUT2D eigenvalue weighted by Crippen LogP contribution is 2.32. The van der Waals surface area contributed by atoms with Crippen molar-refractivity contribution in [2.75, 3.05) is 18.4 Å². The van der Waals surface area contributed by atoms with Crippen LogP contribution in [0.3, 0.4) is 0 Å². The van der Waals surface area contributed by atoms with Crippen LogP contribution in [0.15, 0.2) is 36.7 Å². The van der Waals surface area contributed by atoms with Crippen molar-refractivity contribution in [3.8, 4) is 11.1 Å². The van der Waals surface area contributed by atoms with Crippen molar-refractivity contribution < 1.29 is 8.42 Å². The minimum Gasteiger partial charge on any atom is -0.367 e. The predicted molar refractivity (Wildman–Crippen MR) is 127 cm³/mol. The topological polar surface area (TPSA) is 117 Å². The summed E-state index contributed by atoms with van der Waals surface area (Å²) in [4.78, 5) is 14.4. The molecule has 1 saturated heterocycles. The highest BCUT2D eigenvalue weighted by molar-refractivity contribution is 7.89. The van der Waals surface area contributed by atoms with Gasteiger partial charge in [0, 0.05) is 42.0 Å². The number of sulfonamides is 1. The molecule has 5 rings (SSSR count). The van der Waals surface area contributed by atoms with Crippen LogP contribution in [0.4, 0.5) is 5.82 Å². The third-order valence-corrected chi connectivity index (χ3v) is 8.27. The van der Waals surface area contributed by atoms with E-state index in [2.05, 4.69) is 25.2 Å². The van der Waals surface area contributed by atoms with Gasteiger partial charge in [-0.15, -0.1) is 0 Å². The number of primary sulfonamides is 1. The summed E-state index contributed by atoms with van der Waals surface area (Å²) in [6.07, 6.45) is 8.40. The molecular weight excluding hydrogens is 448 g/mol. The summed E-state index contributed by atoms with van der Waals surface area (Å²) in [5.74, 6) is 0.768. The van der Waals surface area contributed by atoms with Crippen LogP contribution >= 0.6 is 11.6 Å². The largest absolute Gasteiger partial charge is 0.367 e. The lowest BCUT2D eigenvalue weighted by Crippen LogP contribution is -2.41. The molecule has 0 radical (unpaired) electrons. The van der Waals surface area contributed by atoms with Crippen molar-refractivity contribution in [3.05, 3.63) is 41.8 Å². The number of rotatable bonds is 5. The van der Waals surface area contributed by atoms with E-state index >= 15 is 0 Å². The Labute approximate surface area is 192 Å². The maximum absolute atomic E-state index is 11.6. The second-order valence-corrected chi connectivity index (χ2v) is 11.0. The lowest BCUT2D eigenvalue weighted by atomic mass is 9.90. The van der Waals surface area contributed by atoms with E-state index in [9.17, 15) is 8.42 Å². The van der Waals surface area contributed by atoms with Gasteiger partial charge in [-0.05, 0) is 68.5 Å². The Hall–Kier alpha value is -2.20. The van der Waals surface area contributed by atoms with E-state index in [1.807, 2.05) is 30.5 Å². The van der Waals surface area contributed by atoms with Crippen molar-refractivity contribution in [1.29, 1.82) is 0 Å². The van der Waals surface area contributed by atoms with Crippen LogP contribution in [-0.4, -0.2) is 58.7 Å². The summed E-state index contributed by atoms with van der Waals surface area (Å²) in [6.45, 7) is 1.36. The number of hydrogen-bond donors (Lipinski definition) is 3. The Balaban J connectivity index is 1.24. The molecule has 8 nitrogen and oxygen atoms in total. The molecule has 1 saturated carbocycles. The first-order valence-electron chi connectivity index (χ1n) is 11.0. The first-order valence-corrected chi connectivity index (χ1v) is 13.0. The number of nitrogens with zero attached hydrogens (tertiary/aromatic N) is 3. The third-order valence-electron chi connectivity index (χ3n) is 6.76. The van der Waals surface area contributed by atoms with Gasteiger partial charge in [-0.3, -0.25) is 4.90 Å². The maximum atomic E-state index is 11.6. The van der Waals surface area contributed by atoms with E-state index in [4.69, 9.17) is 16.7 Å². The van der Waals surface area contributed by atoms with Gasteiger partial charge in [0.25, 0.3) is 0 Å². The van der Waals surface area contributed by atoms with Gasteiger partial charge in [0.15, 0.2) is 0 Å². The molecule has 3 aromatic heterocycles. The smallest absolute Gasteiger partial charge is 0.213 e. The Morgan fingerprint density at radius 3 is 2.75 bits per heavy atom. The average Bonchev–Trinajstić information content (AvgIpc) is 3.41. The Morgan fingerprint density at radius 1 is 1.19 bits per heavy atom. The van der Waals surface area contributed by atoms with Crippen LogP contribution in [0.5, 0.6) is 0 Å². The van der Waals surface area contributed by atoms with Gasteiger partial charge in [0.2, 0.25) is 10.0 Å². The second kappa shape index (κ2) is 8.62. The van der Waals surface area contributed by atoms with Crippen LogP contribution in [0.25, 0.3) is 22.2 Å². The number of fused-ring (bicyclic) bond motifs is 1. The lowest BCUT2D eigenvalue weighted by Gasteiger charge is -2.35. The van der Waals surface area contributed by atoms with E-state index in [0.29, 0.717) is 30.2 Å². The second-order valence-electron chi connectivity index (χ2n) is 8.81. The highest BCUT2D eigenvalue weighted by Gasteiger charge is 2.35. The Kier molecular flexibility index (Phi) is 5.83. The van der Waals surface area contributed by atoms with Crippen LogP contribution in [0.2, 0.25) is 5.15 Å². The molecule has 1 atom stereocenters. The Morgan fingerprint density at radius 2 is 2.00 bits per heavy atom. The Bertz CT molecular complexity index is 1220. The van der Waals surface area contributed by atoms with Crippen molar-refractivity contribution >= 4 is 38.5 Å². The fourth-order valence-corrected chi connectivity index (χ4v) is 6.11. The molecule has 170 valence electrons. The lowest BCUT2D eigenvalue weighted by molar-refractivity contribution is 0.186. The van der Waals surface area contributed by atoms with Gasteiger partial charge in [0.05, 0.1) is 5.25 Å². The number of pyridine rings is 2. The number of nitrogens with two attached hydrogens (primary N) is 1. The number of nitrogens with one attached hydrogen (secondary N) is 2. The summed E-state index contributed by atoms with van der Waals surface area (Å²) in [5.41, 5.74) is 2.88. The fraction of sp³-hybridized carbons (Fsp3) is 0.455. The van der Waals surface area contributed by atoms with Crippen LogP contribution < -0.4 is 10.5 Å². The van der Waals surface area contributed by atoms with Crippen LogP contribution in [0.1, 0.15) is 32.1 Å². The summed E-state index contributed by atoms with van der Waals surface area (Å²) >= 11 is 6.35. The normalized spacial score (nSPS) is 24.8. The van der Waals surface area contributed by atoms with Gasteiger partial charge in [0.1, 0.15) is 16.6 Å². The molecule has 0 spiro atoms. The van der Waals surface area contributed by atoms with Crippen molar-refractivity contribution in [2.45, 2.75) is 49.4 Å². The quantitative estimate of drug-likeness (QED) is 0.488. The van der Waals surface area contributed by atoms with Gasteiger partial charge >= 0.3 is 0 Å². The summed E-state index contributed by atoms with van der Waals surface area (Å²) in [7, 11) is -3.45. The van der Waals surface area contributed by atoms with E-state index in [-0.39, 0.29) is 0 Å². The predicted octanol–water partition coefficient (Wildman–Crippen LogP) is 3.36. The standard InChI is InChI=1S/C22H27ClN6O2S/c23-20-10-14(19-12-26-22-18(19)2-1-8-25-22)11-21(28-20)27-15-3-5-16(6-4-15)29-9-7-17(13-29)32(24,30)31/h1-2,8,10-12,15-17H,3-7,9,13H2,(H,25,26)(H,27,28)(H2,24,30,31). The molecule has 1 aliphatic carbocycles. The molecule has 2 fully saturated rings. The van der Waals surface area contributed by atoms with E-state index in [0.717, 1.165) is 60.2 Å². The number of anilines is 1. The molecular formula is C22H27ClN6O2S. The molecule has 1 unspecified atom stereocenters. The summed E-state index contributed by atoms with van der Waals surface area (Å²) in [5, 5.41) is 9.97. The molecule has 4 N–H and O–H groups in total. The number of likely N-dealkylation sites (tertiary alicyclic amines) is 1. The molecule has 0 aromatic carbocycles. The average molecular weight is 475 g/mol. The monoisotopic (exact) mass is 474 g/mol. The van der Waals surface area contributed by atoms with Gasteiger partial charge in [-0.25, -0.2) is 23.5 Å². The van der Waals surface area contributed by atoms with Gasteiger partial charge < -0.3 is 10.3 Å². The summed E-state index contributed by atoms with van der Waals surface area (Å²) in [6, 6.07) is 8.59. The fourth-order valence-electron chi connectivity index (χ4n) is 5.07. The zero-order valence-corrected chi connectivity index (χ0v) is 19.2. The first-order chi connectivity index (χ1) is 15.4. The van der Waals surface area contributed by atoms with Crippen molar-refractivity contribution in [1.82, 2.24) is 19.9 Å². The van der Waals surface area contributed by atoms with Crippen molar-refractivity contribution in [2.24, 2.45) is 5.14 Å². The first kappa shape index (κ1) is 21.6. The van der Waals surface area contributed by atoms with Gasteiger partial charge in [-0.1, -0.05) is 11.6 Å². The van der Waals surface area contributed by atoms with Crippen molar-refractivity contribution in [3.63, 3.8) is 0 Å². The SMILES string of the molecule is NS(=O)(=O)C1CCN(C2CCC(Nc3cc(-c4c[nH]c5ncccc45)cc(Cl)n3)CC2)C1.